The topological polar surface area (TPSA) is 49.8 Å². The number of aromatic nitrogens is 2. The minimum Gasteiger partial charge on any atom is -0.367 e. The van der Waals surface area contributed by atoms with E-state index in [1.54, 1.807) is 0 Å². The van der Waals surface area contributed by atoms with Crippen molar-refractivity contribution in [2.75, 3.05) is 10.6 Å². The number of anilines is 2. The number of benzene rings is 1. The van der Waals surface area contributed by atoms with Gasteiger partial charge in [0.15, 0.2) is 5.82 Å². The van der Waals surface area contributed by atoms with Crippen molar-refractivity contribution < 1.29 is 0 Å². The molecule has 23 heavy (non-hydrogen) atoms. The van der Waals surface area contributed by atoms with Crippen molar-refractivity contribution >= 4 is 11.6 Å². The fourth-order valence-electron chi connectivity index (χ4n) is 2.95. The highest BCUT2D eigenvalue weighted by atomic mass is 15.1. The van der Waals surface area contributed by atoms with Gasteiger partial charge < -0.3 is 10.6 Å². The Hall–Kier alpha value is -2.10. The van der Waals surface area contributed by atoms with E-state index in [9.17, 15) is 0 Å². The van der Waals surface area contributed by atoms with E-state index in [1.165, 1.54) is 25.7 Å². The Kier molecular flexibility index (Phi) is 5.11. The van der Waals surface area contributed by atoms with Gasteiger partial charge in [0.05, 0.1) is 0 Å². The summed E-state index contributed by atoms with van der Waals surface area (Å²) in [6, 6.07) is 13.2. The molecule has 1 fully saturated rings. The number of nitrogens with zero attached hydrogens (tertiary/aromatic N) is 2. The van der Waals surface area contributed by atoms with Crippen molar-refractivity contribution in [2.24, 2.45) is 0 Å². The highest BCUT2D eigenvalue weighted by molar-refractivity contribution is 5.61. The van der Waals surface area contributed by atoms with Gasteiger partial charge in [0, 0.05) is 23.7 Å². The lowest BCUT2D eigenvalue weighted by Crippen LogP contribution is -2.18. The molecule has 2 aromatic rings. The number of nitrogens with one attached hydrogen (secondary N) is 2. The Bertz CT molecular complexity index is 621. The van der Waals surface area contributed by atoms with Crippen LogP contribution in [0.2, 0.25) is 0 Å². The lowest BCUT2D eigenvalue weighted by Gasteiger charge is -2.17. The number of hydrogen-bond acceptors (Lipinski definition) is 4. The van der Waals surface area contributed by atoms with Crippen LogP contribution in [0.4, 0.5) is 11.6 Å². The Balaban J connectivity index is 1.89. The molecule has 1 aliphatic carbocycles. The summed E-state index contributed by atoms with van der Waals surface area (Å²) in [5.74, 6) is 2.60. The molecule has 122 valence electrons. The molecule has 1 unspecified atom stereocenters. The molecule has 1 saturated carbocycles. The second-order valence-electron chi connectivity index (χ2n) is 6.41. The summed E-state index contributed by atoms with van der Waals surface area (Å²) in [5.41, 5.74) is 1.05. The van der Waals surface area contributed by atoms with Crippen molar-refractivity contribution in [3.63, 3.8) is 0 Å². The maximum atomic E-state index is 4.74. The van der Waals surface area contributed by atoms with Crippen molar-refractivity contribution in [1.29, 1.82) is 0 Å². The van der Waals surface area contributed by atoms with Crippen LogP contribution in [0.3, 0.4) is 0 Å². The van der Waals surface area contributed by atoms with E-state index >= 15 is 0 Å². The Labute approximate surface area is 138 Å². The molecule has 1 aromatic carbocycles. The zero-order valence-electron chi connectivity index (χ0n) is 14.0. The van der Waals surface area contributed by atoms with Gasteiger partial charge in [-0.25, -0.2) is 9.97 Å². The van der Waals surface area contributed by atoms with Crippen molar-refractivity contribution in [1.82, 2.24) is 9.97 Å². The summed E-state index contributed by atoms with van der Waals surface area (Å²) >= 11 is 0. The predicted octanol–water partition coefficient (Wildman–Crippen LogP) is 4.71. The first kappa shape index (κ1) is 15.8. The molecule has 0 spiro atoms. The lowest BCUT2D eigenvalue weighted by molar-refractivity contribution is 0.746. The molecule has 0 bridgehead atoms. The normalized spacial score (nSPS) is 16.3. The molecule has 1 aromatic heterocycles. The molecule has 0 radical (unpaired) electrons. The van der Waals surface area contributed by atoms with Crippen LogP contribution in [0, 0.1) is 0 Å². The van der Waals surface area contributed by atoms with Gasteiger partial charge in [-0.2, -0.15) is 0 Å². The molecule has 4 nitrogen and oxygen atoms in total. The fourth-order valence-corrected chi connectivity index (χ4v) is 2.95. The van der Waals surface area contributed by atoms with E-state index in [0.717, 1.165) is 29.4 Å². The van der Waals surface area contributed by atoms with Gasteiger partial charge in [0.2, 0.25) is 0 Å². The van der Waals surface area contributed by atoms with Gasteiger partial charge in [-0.15, -0.1) is 0 Å². The molecule has 1 atom stereocenters. The monoisotopic (exact) mass is 310 g/mol. The quantitative estimate of drug-likeness (QED) is 0.811. The highest BCUT2D eigenvalue weighted by Gasteiger charge is 2.16. The molecule has 0 aliphatic heterocycles. The van der Waals surface area contributed by atoms with Gasteiger partial charge >= 0.3 is 0 Å². The predicted molar refractivity (Wildman–Crippen MR) is 96.7 cm³/mol. The second kappa shape index (κ2) is 7.44. The molecule has 3 rings (SSSR count). The molecule has 2 N–H and O–H groups in total. The van der Waals surface area contributed by atoms with Crippen LogP contribution in [-0.2, 0) is 0 Å². The van der Waals surface area contributed by atoms with Crippen molar-refractivity contribution in [3.05, 3.63) is 36.4 Å². The molecule has 4 heteroatoms. The third kappa shape index (κ3) is 4.21. The minimum absolute atomic E-state index is 0.396. The SMILES string of the molecule is CCC(C)Nc1cc(NC2CCCC2)nc(-c2ccccc2)n1. The van der Waals surface area contributed by atoms with E-state index in [2.05, 4.69) is 36.6 Å². The Morgan fingerprint density at radius 1 is 1.09 bits per heavy atom. The standard InChI is InChI=1S/C19H26N4/c1-3-14(2)20-17-13-18(21-16-11-7-8-12-16)23-19(22-17)15-9-5-4-6-10-15/h4-6,9-10,13-14,16H,3,7-8,11-12H2,1-2H3,(H2,20,21,22,23). The maximum absolute atomic E-state index is 4.74. The van der Waals surface area contributed by atoms with E-state index < -0.39 is 0 Å². The van der Waals surface area contributed by atoms with Crippen LogP contribution < -0.4 is 10.6 Å². The first-order chi connectivity index (χ1) is 11.2. The van der Waals surface area contributed by atoms with E-state index in [4.69, 9.17) is 9.97 Å². The summed E-state index contributed by atoms with van der Waals surface area (Å²) in [5, 5.41) is 7.07. The lowest BCUT2D eigenvalue weighted by atomic mass is 10.2. The van der Waals surface area contributed by atoms with Crippen molar-refractivity contribution in [2.45, 2.75) is 58.0 Å². The van der Waals surface area contributed by atoms with Gasteiger partial charge in [-0.05, 0) is 26.2 Å². The third-order valence-electron chi connectivity index (χ3n) is 4.47. The van der Waals surface area contributed by atoms with E-state index in [0.29, 0.717) is 12.1 Å². The zero-order chi connectivity index (χ0) is 16.1. The van der Waals surface area contributed by atoms with Gasteiger partial charge in [-0.3, -0.25) is 0 Å². The first-order valence-electron chi connectivity index (χ1n) is 8.72. The van der Waals surface area contributed by atoms with Crippen LogP contribution in [0.25, 0.3) is 11.4 Å². The largest absolute Gasteiger partial charge is 0.367 e. The Morgan fingerprint density at radius 2 is 1.78 bits per heavy atom. The van der Waals surface area contributed by atoms with Crippen LogP contribution in [-0.4, -0.2) is 22.1 Å². The highest BCUT2D eigenvalue weighted by Crippen LogP contribution is 2.25. The molecular formula is C19H26N4. The molecule has 1 aliphatic rings. The average Bonchev–Trinajstić information content (AvgIpc) is 3.08. The number of rotatable bonds is 6. The molecule has 1 heterocycles. The van der Waals surface area contributed by atoms with Crippen molar-refractivity contribution in [3.8, 4) is 11.4 Å². The summed E-state index contributed by atoms with van der Waals surface area (Å²) in [4.78, 5) is 9.44. The summed E-state index contributed by atoms with van der Waals surface area (Å²) in [6.07, 6.45) is 6.16. The van der Waals surface area contributed by atoms with Crippen LogP contribution in [0.1, 0.15) is 46.0 Å². The summed E-state index contributed by atoms with van der Waals surface area (Å²) in [6.45, 7) is 4.35. The smallest absolute Gasteiger partial charge is 0.163 e. The van der Waals surface area contributed by atoms with Gasteiger partial charge in [0.25, 0.3) is 0 Å². The minimum atomic E-state index is 0.396. The van der Waals surface area contributed by atoms with Gasteiger partial charge in [0.1, 0.15) is 11.6 Å². The summed E-state index contributed by atoms with van der Waals surface area (Å²) < 4.78 is 0. The Morgan fingerprint density at radius 3 is 2.48 bits per heavy atom. The van der Waals surface area contributed by atoms with E-state index in [-0.39, 0.29) is 0 Å². The molecule has 0 amide bonds. The van der Waals surface area contributed by atoms with Crippen LogP contribution >= 0.6 is 0 Å². The second-order valence-corrected chi connectivity index (χ2v) is 6.41. The summed E-state index contributed by atoms with van der Waals surface area (Å²) in [7, 11) is 0. The third-order valence-corrected chi connectivity index (χ3v) is 4.47. The zero-order valence-corrected chi connectivity index (χ0v) is 14.0. The van der Waals surface area contributed by atoms with E-state index in [1.807, 2.05) is 24.3 Å². The maximum Gasteiger partial charge on any atom is 0.163 e. The van der Waals surface area contributed by atoms with Crippen LogP contribution in [0.15, 0.2) is 36.4 Å². The fraction of sp³-hybridized carbons (Fsp3) is 0.474. The van der Waals surface area contributed by atoms with Gasteiger partial charge in [-0.1, -0.05) is 50.1 Å². The average molecular weight is 310 g/mol. The first-order valence-corrected chi connectivity index (χ1v) is 8.72. The number of hydrogen-bond donors (Lipinski definition) is 2. The molecular weight excluding hydrogens is 284 g/mol. The molecule has 0 saturated heterocycles. The van der Waals surface area contributed by atoms with Crippen LogP contribution in [0.5, 0.6) is 0 Å².